The highest BCUT2D eigenvalue weighted by molar-refractivity contribution is 6.17. The van der Waals surface area contributed by atoms with Crippen molar-refractivity contribution >= 4 is 11.6 Å². The molecule has 0 aliphatic heterocycles. The average Bonchev–Trinajstić information content (AvgIpc) is 2.59. The third-order valence-corrected chi connectivity index (χ3v) is 3.60. The van der Waals surface area contributed by atoms with Gasteiger partial charge < -0.3 is 0 Å². The smallest absolute Gasteiger partial charge is 0.0474 e. The van der Waals surface area contributed by atoms with E-state index in [1.807, 2.05) is 0 Å². The Morgan fingerprint density at radius 1 is 1.43 bits per heavy atom. The maximum Gasteiger partial charge on any atom is 0.0474 e. The molecule has 0 fully saturated rings. The van der Waals surface area contributed by atoms with Crippen LogP contribution in [0, 0.1) is 5.92 Å². The van der Waals surface area contributed by atoms with Gasteiger partial charge in [-0.05, 0) is 41.4 Å². The minimum Gasteiger partial charge on any atom is -0.122 e. The van der Waals surface area contributed by atoms with Crippen LogP contribution < -0.4 is 0 Å². The lowest BCUT2D eigenvalue weighted by Gasteiger charge is -2.15. The van der Waals surface area contributed by atoms with Crippen molar-refractivity contribution in [2.24, 2.45) is 5.92 Å². The van der Waals surface area contributed by atoms with Gasteiger partial charge in [-0.2, -0.15) is 0 Å². The van der Waals surface area contributed by atoms with E-state index in [2.05, 4.69) is 32.0 Å². The highest BCUT2D eigenvalue weighted by Crippen LogP contribution is 2.38. The molecule has 0 bridgehead atoms. The average molecular weight is 209 g/mol. The predicted octanol–water partition coefficient (Wildman–Crippen LogP) is 4.11. The van der Waals surface area contributed by atoms with Crippen molar-refractivity contribution in [2.75, 3.05) is 0 Å². The number of fused-ring (bicyclic) bond motifs is 1. The van der Waals surface area contributed by atoms with E-state index in [1.165, 1.54) is 24.0 Å². The van der Waals surface area contributed by atoms with E-state index in [9.17, 15) is 0 Å². The van der Waals surface area contributed by atoms with Crippen molar-refractivity contribution in [3.8, 4) is 0 Å². The van der Waals surface area contributed by atoms with Gasteiger partial charge in [0.05, 0.1) is 0 Å². The zero-order valence-electron chi connectivity index (χ0n) is 8.89. The molecular formula is C13H17Cl. The molecule has 0 N–H and O–H groups in total. The van der Waals surface area contributed by atoms with Gasteiger partial charge in [0, 0.05) is 5.88 Å². The van der Waals surface area contributed by atoms with Crippen molar-refractivity contribution in [3.63, 3.8) is 0 Å². The summed E-state index contributed by atoms with van der Waals surface area (Å²) in [4.78, 5) is 0. The van der Waals surface area contributed by atoms with Crippen molar-refractivity contribution in [1.29, 1.82) is 0 Å². The van der Waals surface area contributed by atoms with Crippen LogP contribution in [0.25, 0.3) is 0 Å². The molecule has 1 aromatic carbocycles. The zero-order valence-corrected chi connectivity index (χ0v) is 9.64. The van der Waals surface area contributed by atoms with Crippen LogP contribution in [-0.4, -0.2) is 0 Å². The molecule has 0 saturated carbocycles. The molecular weight excluding hydrogens is 192 g/mol. The molecule has 0 radical (unpaired) electrons. The number of aryl methyl sites for hydroxylation is 1. The molecule has 1 heteroatoms. The minimum absolute atomic E-state index is 0.639. The molecule has 1 aliphatic rings. The Kier molecular flexibility index (Phi) is 2.83. The summed E-state index contributed by atoms with van der Waals surface area (Å²) < 4.78 is 0. The summed E-state index contributed by atoms with van der Waals surface area (Å²) in [5.74, 6) is 2.17. The number of rotatable bonds is 2. The monoisotopic (exact) mass is 208 g/mol. The standard InChI is InChI=1S/C13H17Cl/c1-9(2)12-6-4-11-7-10(8-14)3-5-13(11)12/h3,5,7,9,12H,4,6,8H2,1-2H3. The minimum atomic E-state index is 0.639. The van der Waals surface area contributed by atoms with Crippen molar-refractivity contribution in [3.05, 3.63) is 34.9 Å². The van der Waals surface area contributed by atoms with E-state index in [-0.39, 0.29) is 0 Å². The lowest BCUT2D eigenvalue weighted by molar-refractivity contribution is 0.496. The summed E-state index contributed by atoms with van der Waals surface area (Å²) >= 11 is 5.83. The summed E-state index contributed by atoms with van der Waals surface area (Å²) in [5.41, 5.74) is 4.35. The topological polar surface area (TPSA) is 0 Å². The van der Waals surface area contributed by atoms with Gasteiger partial charge in [0.2, 0.25) is 0 Å². The van der Waals surface area contributed by atoms with Crippen LogP contribution in [0.3, 0.4) is 0 Å². The fraction of sp³-hybridized carbons (Fsp3) is 0.538. The van der Waals surface area contributed by atoms with E-state index < -0.39 is 0 Å². The predicted molar refractivity (Wildman–Crippen MR) is 61.9 cm³/mol. The highest BCUT2D eigenvalue weighted by Gasteiger charge is 2.24. The fourth-order valence-corrected chi connectivity index (χ4v) is 2.65. The Labute approximate surface area is 91.3 Å². The number of alkyl halides is 1. The Balaban J connectivity index is 2.33. The van der Waals surface area contributed by atoms with Crippen molar-refractivity contribution in [1.82, 2.24) is 0 Å². The van der Waals surface area contributed by atoms with Crippen molar-refractivity contribution in [2.45, 2.75) is 38.5 Å². The molecule has 0 nitrogen and oxygen atoms in total. The van der Waals surface area contributed by atoms with Gasteiger partial charge in [-0.25, -0.2) is 0 Å². The van der Waals surface area contributed by atoms with Gasteiger partial charge in [0.15, 0.2) is 0 Å². The van der Waals surface area contributed by atoms with Gasteiger partial charge in [-0.15, -0.1) is 11.6 Å². The molecule has 14 heavy (non-hydrogen) atoms. The van der Waals surface area contributed by atoms with Gasteiger partial charge in [0.1, 0.15) is 0 Å². The first-order valence-corrected chi connectivity index (χ1v) is 5.93. The van der Waals surface area contributed by atoms with Crippen LogP contribution in [0.5, 0.6) is 0 Å². The van der Waals surface area contributed by atoms with Gasteiger partial charge >= 0.3 is 0 Å². The second kappa shape index (κ2) is 3.94. The first-order chi connectivity index (χ1) is 6.72. The Hall–Kier alpha value is -0.490. The van der Waals surface area contributed by atoms with Gasteiger partial charge in [-0.3, -0.25) is 0 Å². The SMILES string of the molecule is CC(C)C1CCc2cc(CCl)ccc21. The molecule has 0 aromatic heterocycles. The van der Waals surface area contributed by atoms with Crippen LogP contribution in [0.15, 0.2) is 18.2 Å². The molecule has 0 heterocycles. The molecule has 1 aliphatic carbocycles. The molecule has 76 valence electrons. The van der Waals surface area contributed by atoms with Crippen LogP contribution in [0.4, 0.5) is 0 Å². The number of halogens is 1. The largest absolute Gasteiger partial charge is 0.122 e. The number of hydrogen-bond acceptors (Lipinski definition) is 0. The quantitative estimate of drug-likeness (QED) is 0.642. The molecule has 1 aromatic rings. The van der Waals surface area contributed by atoms with E-state index >= 15 is 0 Å². The number of hydrogen-bond donors (Lipinski definition) is 0. The molecule has 0 spiro atoms. The summed E-state index contributed by atoms with van der Waals surface area (Å²) in [7, 11) is 0. The Morgan fingerprint density at radius 2 is 2.21 bits per heavy atom. The molecule has 0 amide bonds. The summed E-state index contributed by atoms with van der Waals surface area (Å²) in [5, 5.41) is 0. The first-order valence-electron chi connectivity index (χ1n) is 5.40. The fourth-order valence-electron chi connectivity index (χ4n) is 2.48. The molecule has 0 saturated heterocycles. The second-order valence-electron chi connectivity index (χ2n) is 4.56. The van der Waals surface area contributed by atoms with Crippen LogP contribution >= 0.6 is 11.6 Å². The molecule has 1 atom stereocenters. The summed E-state index contributed by atoms with van der Waals surface area (Å²) in [6, 6.07) is 6.74. The van der Waals surface area contributed by atoms with Gasteiger partial charge in [-0.1, -0.05) is 32.0 Å². The number of benzene rings is 1. The summed E-state index contributed by atoms with van der Waals surface area (Å²) in [6.07, 6.45) is 2.56. The lowest BCUT2D eigenvalue weighted by Crippen LogP contribution is -2.01. The highest BCUT2D eigenvalue weighted by atomic mass is 35.5. The van der Waals surface area contributed by atoms with E-state index in [0.29, 0.717) is 5.88 Å². The zero-order chi connectivity index (χ0) is 10.1. The molecule has 2 rings (SSSR count). The summed E-state index contributed by atoms with van der Waals surface area (Å²) in [6.45, 7) is 4.63. The third kappa shape index (κ3) is 1.68. The van der Waals surface area contributed by atoms with Crippen molar-refractivity contribution < 1.29 is 0 Å². The van der Waals surface area contributed by atoms with E-state index in [4.69, 9.17) is 11.6 Å². The van der Waals surface area contributed by atoms with E-state index in [1.54, 1.807) is 5.56 Å². The third-order valence-electron chi connectivity index (χ3n) is 3.29. The first kappa shape index (κ1) is 10.0. The van der Waals surface area contributed by atoms with Gasteiger partial charge in [0.25, 0.3) is 0 Å². The van der Waals surface area contributed by atoms with Crippen LogP contribution in [0.1, 0.15) is 42.9 Å². The van der Waals surface area contributed by atoms with Crippen LogP contribution in [0.2, 0.25) is 0 Å². The second-order valence-corrected chi connectivity index (χ2v) is 4.82. The van der Waals surface area contributed by atoms with Crippen LogP contribution in [-0.2, 0) is 12.3 Å². The molecule has 1 unspecified atom stereocenters. The van der Waals surface area contributed by atoms with E-state index in [0.717, 1.165) is 11.8 Å². The maximum atomic E-state index is 5.83. The maximum absolute atomic E-state index is 5.83. The lowest BCUT2D eigenvalue weighted by atomic mass is 9.90. The normalized spacial score (nSPS) is 20.1. The Bertz CT molecular complexity index is 328. The Morgan fingerprint density at radius 3 is 2.86 bits per heavy atom.